The molecular weight excluding hydrogens is 330 g/mol. The highest BCUT2D eigenvalue weighted by Gasteiger charge is 2.42. The number of amides is 3. The zero-order valence-corrected chi connectivity index (χ0v) is 15.3. The number of hydrogen-bond donors (Lipinski definition) is 1. The molecular formula is C20H25N3O3. The summed E-state index contributed by atoms with van der Waals surface area (Å²) in [5.41, 5.74) is 2.28. The lowest BCUT2D eigenvalue weighted by molar-refractivity contribution is -0.143. The van der Waals surface area contributed by atoms with Crippen LogP contribution in [0.25, 0.3) is 6.08 Å². The first kappa shape index (κ1) is 18.2. The molecule has 1 atom stereocenters. The molecule has 2 aliphatic rings. The van der Waals surface area contributed by atoms with Gasteiger partial charge in [-0.2, -0.15) is 0 Å². The number of benzene rings is 1. The van der Waals surface area contributed by atoms with Gasteiger partial charge in [-0.05, 0) is 12.5 Å². The van der Waals surface area contributed by atoms with Crippen LogP contribution in [0.5, 0.6) is 0 Å². The molecule has 1 unspecified atom stereocenters. The molecule has 138 valence electrons. The van der Waals surface area contributed by atoms with Crippen molar-refractivity contribution in [2.24, 2.45) is 5.92 Å². The molecule has 1 aromatic carbocycles. The third kappa shape index (κ3) is 3.95. The standard InChI is InChI=1S/C20H25N3O3/c1-14-6-8-15(9-7-14)4-3-5-18(24)22-12-17(13-22)23-11-16(10-19(23)25)20(26)21-2/h3-4,6-9,16-17H,5,10-13H2,1-2H3,(H,21,26). The van der Waals surface area contributed by atoms with Gasteiger partial charge in [0.15, 0.2) is 0 Å². The summed E-state index contributed by atoms with van der Waals surface area (Å²) in [5.74, 6) is -0.280. The molecule has 6 heteroatoms. The summed E-state index contributed by atoms with van der Waals surface area (Å²) in [7, 11) is 1.59. The largest absolute Gasteiger partial charge is 0.359 e. The molecule has 2 heterocycles. The zero-order chi connectivity index (χ0) is 18.7. The van der Waals surface area contributed by atoms with Crippen LogP contribution in [0.1, 0.15) is 24.0 Å². The Balaban J connectivity index is 1.44. The molecule has 0 radical (unpaired) electrons. The fraction of sp³-hybridized carbons (Fsp3) is 0.450. The lowest BCUT2D eigenvalue weighted by Crippen LogP contribution is -2.61. The predicted molar refractivity (Wildman–Crippen MR) is 99.1 cm³/mol. The average Bonchev–Trinajstić information content (AvgIpc) is 2.96. The Labute approximate surface area is 153 Å². The average molecular weight is 355 g/mol. The number of aryl methyl sites for hydroxylation is 1. The molecule has 1 N–H and O–H groups in total. The molecule has 6 nitrogen and oxygen atoms in total. The Morgan fingerprint density at radius 2 is 1.88 bits per heavy atom. The van der Waals surface area contributed by atoms with Gasteiger partial charge in [-0.25, -0.2) is 0 Å². The van der Waals surface area contributed by atoms with Gasteiger partial charge in [0.05, 0.1) is 12.0 Å². The number of carbonyl (C=O) groups excluding carboxylic acids is 3. The van der Waals surface area contributed by atoms with E-state index in [9.17, 15) is 14.4 Å². The fourth-order valence-electron chi connectivity index (χ4n) is 3.42. The molecule has 2 aliphatic heterocycles. The summed E-state index contributed by atoms with van der Waals surface area (Å²) in [6.07, 6.45) is 4.45. The van der Waals surface area contributed by atoms with Gasteiger partial charge in [0, 0.05) is 39.5 Å². The van der Waals surface area contributed by atoms with Crippen molar-refractivity contribution in [3.63, 3.8) is 0 Å². The van der Waals surface area contributed by atoms with Crippen molar-refractivity contribution in [2.45, 2.75) is 25.8 Å². The lowest BCUT2D eigenvalue weighted by atomic mass is 10.1. The highest BCUT2D eigenvalue weighted by Crippen LogP contribution is 2.25. The van der Waals surface area contributed by atoms with E-state index >= 15 is 0 Å². The first-order valence-corrected chi connectivity index (χ1v) is 9.00. The van der Waals surface area contributed by atoms with E-state index in [-0.39, 0.29) is 36.1 Å². The van der Waals surface area contributed by atoms with E-state index in [2.05, 4.69) is 5.32 Å². The maximum absolute atomic E-state index is 12.2. The topological polar surface area (TPSA) is 69.7 Å². The minimum atomic E-state index is -0.269. The minimum absolute atomic E-state index is 0.00923. The number of carbonyl (C=O) groups is 3. The van der Waals surface area contributed by atoms with E-state index in [0.29, 0.717) is 26.1 Å². The molecule has 1 aromatic rings. The Kier molecular flexibility index (Phi) is 5.40. The Bertz CT molecular complexity index is 720. The van der Waals surface area contributed by atoms with E-state index < -0.39 is 0 Å². The molecule has 2 saturated heterocycles. The van der Waals surface area contributed by atoms with Crippen molar-refractivity contribution in [2.75, 3.05) is 26.7 Å². The van der Waals surface area contributed by atoms with Gasteiger partial charge < -0.3 is 15.1 Å². The van der Waals surface area contributed by atoms with Crippen molar-refractivity contribution < 1.29 is 14.4 Å². The van der Waals surface area contributed by atoms with Crippen molar-refractivity contribution >= 4 is 23.8 Å². The number of nitrogens with zero attached hydrogens (tertiary/aromatic N) is 2. The van der Waals surface area contributed by atoms with Gasteiger partial charge in [-0.3, -0.25) is 14.4 Å². The summed E-state index contributed by atoms with van der Waals surface area (Å²) in [5, 5.41) is 2.60. The lowest BCUT2D eigenvalue weighted by Gasteiger charge is -2.44. The van der Waals surface area contributed by atoms with E-state index in [1.165, 1.54) is 5.56 Å². The van der Waals surface area contributed by atoms with Crippen molar-refractivity contribution in [3.05, 3.63) is 41.5 Å². The smallest absolute Gasteiger partial charge is 0.226 e. The highest BCUT2D eigenvalue weighted by atomic mass is 16.2. The summed E-state index contributed by atoms with van der Waals surface area (Å²) in [6, 6.07) is 8.18. The molecule has 0 bridgehead atoms. The maximum atomic E-state index is 12.2. The summed E-state index contributed by atoms with van der Waals surface area (Å²) < 4.78 is 0. The predicted octanol–water partition coefficient (Wildman–Crippen LogP) is 1.20. The molecule has 2 fully saturated rings. The van der Waals surface area contributed by atoms with Gasteiger partial charge in [0.1, 0.15) is 0 Å². The number of hydrogen-bond acceptors (Lipinski definition) is 3. The molecule has 0 aromatic heterocycles. The third-order valence-corrected chi connectivity index (χ3v) is 5.11. The summed E-state index contributed by atoms with van der Waals surface area (Å²) >= 11 is 0. The number of rotatable bonds is 5. The molecule has 0 aliphatic carbocycles. The van der Waals surface area contributed by atoms with Crippen LogP contribution in [0.2, 0.25) is 0 Å². The van der Waals surface area contributed by atoms with E-state index in [4.69, 9.17) is 0 Å². The second-order valence-corrected chi connectivity index (χ2v) is 7.03. The van der Waals surface area contributed by atoms with E-state index in [1.807, 2.05) is 43.3 Å². The van der Waals surface area contributed by atoms with E-state index in [1.54, 1.807) is 16.8 Å². The van der Waals surface area contributed by atoms with Crippen molar-refractivity contribution in [1.82, 2.24) is 15.1 Å². The summed E-state index contributed by atoms with van der Waals surface area (Å²) in [6.45, 7) is 3.62. The van der Waals surface area contributed by atoms with Gasteiger partial charge in [-0.1, -0.05) is 42.0 Å². The fourth-order valence-corrected chi connectivity index (χ4v) is 3.42. The van der Waals surface area contributed by atoms with Crippen molar-refractivity contribution in [3.8, 4) is 0 Å². The maximum Gasteiger partial charge on any atom is 0.226 e. The highest BCUT2D eigenvalue weighted by molar-refractivity contribution is 5.89. The second-order valence-electron chi connectivity index (χ2n) is 7.03. The van der Waals surface area contributed by atoms with Crippen LogP contribution in [0.3, 0.4) is 0 Å². The van der Waals surface area contributed by atoms with Crippen molar-refractivity contribution in [1.29, 1.82) is 0 Å². The van der Waals surface area contributed by atoms with Crippen LogP contribution in [0.4, 0.5) is 0 Å². The van der Waals surface area contributed by atoms with Gasteiger partial charge in [0.25, 0.3) is 0 Å². The minimum Gasteiger partial charge on any atom is -0.359 e. The van der Waals surface area contributed by atoms with Gasteiger partial charge in [0.2, 0.25) is 17.7 Å². The number of nitrogens with one attached hydrogen (secondary N) is 1. The van der Waals surface area contributed by atoms with E-state index in [0.717, 1.165) is 5.56 Å². The Morgan fingerprint density at radius 3 is 2.54 bits per heavy atom. The van der Waals surface area contributed by atoms with Crippen LogP contribution >= 0.6 is 0 Å². The third-order valence-electron chi connectivity index (χ3n) is 5.11. The normalized spacial score (nSPS) is 20.5. The van der Waals surface area contributed by atoms with Crippen LogP contribution in [-0.4, -0.2) is 60.2 Å². The second kappa shape index (κ2) is 7.72. The van der Waals surface area contributed by atoms with Gasteiger partial charge in [-0.15, -0.1) is 0 Å². The first-order valence-electron chi connectivity index (χ1n) is 9.00. The zero-order valence-electron chi connectivity index (χ0n) is 15.3. The van der Waals surface area contributed by atoms with Crippen LogP contribution in [0.15, 0.2) is 30.3 Å². The number of likely N-dealkylation sites (tertiary alicyclic amines) is 2. The molecule has 0 spiro atoms. The van der Waals surface area contributed by atoms with Crippen LogP contribution in [0, 0.1) is 12.8 Å². The van der Waals surface area contributed by atoms with Gasteiger partial charge >= 0.3 is 0 Å². The monoisotopic (exact) mass is 355 g/mol. The van der Waals surface area contributed by atoms with Crippen LogP contribution < -0.4 is 5.32 Å². The molecule has 3 rings (SSSR count). The molecule has 26 heavy (non-hydrogen) atoms. The molecule has 0 saturated carbocycles. The summed E-state index contributed by atoms with van der Waals surface area (Å²) in [4.78, 5) is 39.6. The first-order chi connectivity index (χ1) is 12.5. The SMILES string of the molecule is CNC(=O)C1CC(=O)N(C2CN(C(=O)CC=Cc3ccc(C)cc3)C2)C1. The Hall–Kier alpha value is -2.63. The molecule has 3 amide bonds. The quantitative estimate of drug-likeness (QED) is 0.863. The Morgan fingerprint density at radius 1 is 1.19 bits per heavy atom. The van der Waals surface area contributed by atoms with Crippen LogP contribution in [-0.2, 0) is 14.4 Å².